The molecular weight excluding hydrogens is 1260 g/mol. The summed E-state index contributed by atoms with van der Waals surface area (Å²) < 4.78 is 15.4. The van der Waals surface area contributed by atoms with Crippen molar-refractivity contribution in [2.24, 2.45) is 51.1 Å². The predicted molar refractivity (Wildman–Crippen MR) is 369 cm³/mol. The highest BCUT2D eigenvalue weighted by atomic mass is 16.7. The number of carbonyl (C=O) groups excluding carboxylic acids is 3. The van der Waals surface area contributed by atoms with E-state index >= 15 is 9.59 Å². The van der Waals surface area contributed by atoms with Crippen molar-refractivity contribution in [3.63, 3.8) is 0 Å². The number of aromatic amines is 2. The van der Waals surface area contributed by atoms with Crippen LogP contribution in [-0.2, 0) is 26.8 Å². The molecule has 0 unspecified atom stereocenters. The van der Waals surface area contributed by atoms with E-state index in [1.54, 1.807) is 37.4 Å². The predicted octanol–water partition coefficient (Wildman–Crippen LogP) is 10.2. The molecule has 5 aliphatic heterocycles. The van der Waals surface area contributed by atoms with Gasteiger partial charge in [-0.15, -0.1) is 5.92 Å². The van der Waals surface area contributed by atoms with E-state index in [0.717, 1.165) is 128 Å². The lowest BCUT2D eigenvalue weighted by Gasteiger charge is -2.64. The number of carbonyl (C=O) groups is 3. The number of imidazole rings is 1. The number of anilines is 1. The molecule has 0 amide bonds. The van der Waals surface area contributed by atoms with Gasteiger partial charge in [0.25, 0.3) is 5.79 Å². The van der Waals surface area contributed by atoms with Crippen molar-refractivity contribution in [1.82, 2.24) is 25.3 Å². The maximum absolute atomic E-state index is 15.7. The number of nitrogens with zero attached hydrogens (tertiary/aromatic N) is 2. The standard InChI is InChI=1S/C82H85N7O11/c1-40-26-50-59(55(91)27-40)66(94)61-56-31-49-48(60(61)65(50)93)16-25-85-73(49)86-36-58(92)79-38-76(19-4-5-20-76)53-11-7-9-43-8-6-10-44-33-78(21-14-46(90)30-45(78)29-41-12-13-47-42(28-41)15-24-84-72(47)83)68-69(88-39-87-68)81(43,44)57-32-51(62(53)79)64(89-57)52-34-80(99-56)70(96)67(95)71(97)82(100-80)63(52)54(79)35-77(74(82)98)23-22-75(37-77)17-2-3-18-75/h12-13,15-16,24-28,31-32,34,39,43-45,53,58,62,67,70-72,74,84,89,91-92,95-98H,2-6,8-10,14,17-23,29-30,33,35-38,83H2,1H3,(H,85,86)(H,87,88)/t43-,44+,45+,53-,58+,62+,67+,70+,71-,72-,74+,77-,78+,79-,80+,81-,82-/m0/s1. The van der Waals surface area contributed by atoms with Crippen molar-refractivity contribution in [3.8, 4) is 23.3 Å². The number of aromatic hydroxyl groups is 1. The second-order valence-electron chi connectivity index (χ2n) is 34.0. The molecule has 12 N–H and O–H groups in total. The first-order chi connectivity index (χ1) is 48.3. The second kappa shape index (κ2) is 20.3. The number of aromatic nitrogens is 4. The Morgan fingerprint density at radius 3 is 2.49 bits per heavy atom. The van der Waals surface area contributed by atoms with Gasteiger partial charge in [-0.3, -0.25) is 14.4 Å². The van der Waals surface area contributed by atoms with E-state index in [9.17, 15) is 35.4 Å². The van der Waals surface area contributed by atoms with Crippen molar-refractivity contribution < 1.29 is 54.5 Å². The normalized spacial score (nSPS) is 38.9. The average Bonchev–Trinajstić information content (AvgIpc) is 1.40. The Morgan fingerprint density at radius 2 is 1.64 bits per heavy atom. The summed E-state index contributed by atoms with van der Waals surface area (Å²) in [6.45, 7) is 1.69. The number of nitrogens with one attached hydrogen (secondary N) is 4. The minimum absolute atomic E-state index is 0.00320. The monoisotopic (exact) mass is 1340 g/mol. The number of rotatable bonds is 2. The van der Waals surface area contributed by atoms with Crippen LogP contribution in [0.1, 0.15) is 229 Å². The lowest BCUT2D eigenvalue weighted by Crippen LogP contribution is -2.79. The van der Waals surface area contributed by atoms with Gasteiger partial charge in [0.2, 0.25) is 5.78 Å². The topological polar surface area (TPSA) is 298 Å². The van der Waals surface area contributed by atoms with Gasteiger partial charge in [0.05, 0.1) is 46.5 Å². The van der Waals surface area contributed by atoms with Crippen LogP contribution in [-0.4, -0.2) is 116 Å². The number of ketones is 3. The molecule has 6 saturated carbocycles. The van der Waals surface area contributed by atoms with Crippen LogP contribution in [0.5, 0.6) is 11.5 Å². The van der Waals surface area contributed by atoms with Crippen LogP contribution in [0, 0.1) is 64.1 Å². The fourth-order valence-electron chi connectivity index (χ4n) is 25.8. The maximum Gasteiger partial charge on any atom is 0.261 e. The molecule has 6 aromatic rings. The molecular formula is C82H85N7O11. The Balaban J connectivity index is 0.848. The number of phenolic OH excluding ortho intramolecular Hbond substituents is 1. The Bertz CT molecular complexity index is 4860. The van der Waals surface area contributed by atoms with Crippen molar-refractivity contribution in [1.29, 1.82) is 0 Å². The number of fused-ring (bicyclic) bond motifs is 10. The fourth-order valence-corrected chi connectivity index (χ4v) is 25.8. The summed E-state index contributed by atoms with van der Waals surface area (Å²) >= 11 is 0. The molecule has 1 saturated heterocycles. The number of nitrogens with two attached hydrogens (primary N) is 1. The van der Waals surface area contributed by atoms with Crippen LogP contribution in [0.25, 0.3) is 22.4 Å². The number of ether oxygens (including phenoxy) is 2. The number of Topliss-reactive ketones (excluding diaryl/α,β-unsaturated/α-hetero) is 1. The van der Waals surface area contributed by atoms with Gasteiger partial charge < -0.3 is 66.4 Å². The summed E-state index contributed by atoms with van der Waals surface area (Å²) in [6, 6.07) is 15.2. The lowest BCUT2D eigenvalue weighted by atomic mass is 9.45. The SMILES string of the molecule is Cc1cc(O)c2c(c1)C(=O)c1c(c3cc4c(nccc14)NC[C@@H](O)[C@]14CC5(CCCC5)[C@H]5C#CC[C@@H]6CCC[C@@H]7C[C@@]8(CCC(=O)C[C@H]8Cc8ccc9c(c8)C=CN[C@@H]9N)c8nc[nH]c8[C@@]67c6cc(c([nH]6)C6=C[C@@]7(O3)O[C@@]3(C6=C1C[C@]1(CCC6(CCCC6)C1)[C@H]3O)[C@@H](O)[C@H](O)[C@H]7O)[C@H]54)C2=O. The number of hydrogen-bond donors (Lipinski definition) is 11. The number of H-pyrrole nitrogens is 2. The van der Waals surface area contributed by atoms with Crippen molar-refractivity contribution >= 4 is 45.6 Å². The van der Waals surface area contributed by atoms with Gasteiger partial charge in [-0.25, -0.2) is 9.97 Å². The number of aliphatic hydroxyl groups excluding tert-OH is 5. The van der Waals surface area contributed by atoms with Crippen LogP contribution in [0.3, 0.4) is 0 Å². The molecule has 3 aromatic carbocycles. The number of phenols is 1. The van der Waals surface area contributed by atoms with Gasteiger partial charge in [-0.2, -0.15) is 0 Å². The molecule has 17 atom stereocenters. The van der Waals surface area contributed by atoms with Crippen LogP contribution < -0.4 is 21.1 Å². The highest BCUT2D eigenvalue weighted by Crippen LogP contribution is 2.79. The zero-order chi connectivity index (χ0) is 67.7. The first-order valence-electron chi connectivity index (χ1n) is 37.3. The highest BCUT2D eigenvalue weighted by Gasteiger charge is 2.78. The lowest BCUT2D eigenvalue weighted by molar-refractivity contribution is -0.366. The van der Waals surface area contributed by atoms with E-state index in [2.05, 4.69) is 62.8 Å². The van der Waals surface area contributed by atoms with Crippen molar-refractivity contribution in [3.05, 3.63) is 157 Å². The minimum atomic E-state index is -2.55. The summed E-state index contributed by atoms with van der Waals surface area (Å²) in [5, 5.41) is 89.4. The van der Waals surface area contributed by atoms with Gasteiger partial charge in [-0.1, -0.05) is 61.8 Å². The molecule has 8 heterocycles. The molecule has 11 aliphatic carbocycles. The van der Waals surface area contributed by atoms with E-state index in [0.29, 0.717) is 96.8 Å². The van der Waals surface area contributed by atoms with Gasteiger partial charge in [0, 0.05) is 93.6 Å². The smallest absolute Gasteiger partial charge is 0.261 e. The molecule has 3 aromatic heterocycles. The highest BCUT2D eigenvalue weighted by molar-refractivity contribution is 6.34. The van der Waals surface area contributed by atoms with Gasteiger partial charge >= 0.3 is 0 Å². The molecule has 7 fully saturated rings. The second-order valence-corrected chi connectivity index (χ2v) is 34.0. The molecule has 8 spiro atoms. The van der Waals surface area contributed by atoms with E-state index in [1.807, 2.05) is 12.5 Å². The van der Waals surface area contributed by atoms with E-state index in [1.165, 1.54) is 6.07 Å². The number of benzene rings is 3. The van der Waals surface area contributed by atoms with Crippen molar-refractivity contribution in [2.75, 3.05) is 11.9 Å². The quantitative estimate of drug-likeness (QED) is 0.0718. The van der Waals surface area contributed by atoms with E-state index < -0.39 is 92.2 Å². The van der Waals surface area contributed by atoms with Crippen LogP contribution in [0.15, 0.2) is 84.5 Å². The molecule has 514 valence electrons. The summed E-state index contributed by atoms with van der Waals surface area (Å²) in [5.41, 5.74) is 10.00. The summed E-state index contributed by atoms with van der Waals surface area (Å²) in [7, 11) is 0. The zero-order valence-electron chi connectivity index (χ0n) is 56.3. The van der Waals surface area contributed by atoms with E-state index in [4.69, 9.17) is 25.2 Å². The Hall–Kier alpha value is -7.73. The number of aliphatic hydroxyl groups is 5. The van der Waals surface area contributed by atoms with Gasteiger partial charge in [0.15, 0.2) is 17.5 Å². The third kappa shape index (κ3) is 7.42. The molecule has 22 rings (SSSR count). The number of pyridine rings is 1. The average molecular weight is 1340 g/mol. The van der Waals surface area contributed by atoms with Crippen molar-refractivity contribution in [2.45, 2.75) is 213 Å². The van der Waals surface area contributed by atoms with E-state index in [-0.39, 0.29) is 75.6 Å². The molecule has 100 heavy (non-hydrogen) atoms. The molecule has 16 aliphatic rings. The molecule has 18 nitrogen and oxygen atoms in total. The number of aryl methyl sites for hydroxylation is 1. The Morgan fingerprint density at radius 1 is 0.810 bits per heavy atom. The van der Waals surface area contributed by atoms with Crippen LogP contribution in [0.2, 0.25) is 0 Å². The zero-order valence-corrected chi connectivity index (χ0v) is 56.3. The maximum atomic E-state index is 15.7. The fraction of sp³-hybridized carbons (Fsp3) is 0.524. The molecule has 10 bridgehead atoms. The van der Waals surface area contributed by atoms with Crippen LogP contribution >= 0.6 is 0 Å². The van der Waals surface area contributed by atoms with Crippen LogP contribution in [0.4, 0.5) is 5.82 Å². The molecule has 18 heteroatoms. The largest absolute Gasteiger partial charge is 0.507 e. The summed E-state index contributed by atoms with van der Waals surface area (Å²) in [6.07, 6.45) is 16.9. The van der Waals surface area contributed by atoms with Gasteiger partial charge in [0.1, 0.15) is 41.5 Å². The van der Waals surface area contributed by atoms with Gasteiger partial charge in [-0.05, 0) is 213 Å². The molecule has 0 radical (unpaired) electrons. The summed E-state index contributed by atoms with van der Waals surface area (Å²) in [5.74, 6) is 3.46. The summed E-state index contributed by atoms with van der Waals surface area (Å²) in [4.78, 5) is 64.1. The first kappa shape index (κ1) is 61.0. The minimum Gasteiger partial charge on any atom is -0.507 e. The third-order valence-corrected chi connectivity index (χ3v) is 29.7. The first-order valence-corrected chi connectivity index (χ1v) is 37.3. The number of hydrogen-bond acceptors (Lipinski definition) is 16. The third-order valence-electron chi connectivity index (χ3n) is 29.7. The Kier molecular flexibility index (Phi) is 12.4. The Labute approximate surface area is 579 Å².